The Balaban J connectivity index is 0. The fourth-order valence-electron chi connectivity index (χ4n) is 0. The van der Waals surface area contributed by atoms with E-state index in [-0.39, 0.29) is 97.6 Å². The molecule has 0 aliphatic rings. The largest absolute Gasteiger partial charge is 2.00 e. The van der Waals surface area contributed by atoms with Gasteiger partial charge in [0.05, 0.1) is 0 Å². The van der Waals surface area contributed by atoms with Gasteiger partial charge >= 0.3 is 37.7 Å². The van der Waals surface area contributed by atoms with Crippen LogP contribution in [0, 0.1) is 0 Å². The van der Waals surface area contributed by atoms with Gasteiger partial charge in [-0.3, -0.25) is 0 Å². The van der Waals surface area contributed by atoms with Gasteiger partial charge in [0, 0.05) is 0 Å². The van der Waals surface area contributed by atoms with Crippen molar-refractivity contribution in [3.05, 3.63) is 0 Å². The molecule has 0 amide bonds. The number of hydrogen-bond acceptors (Lipinski definition) is 2. The van der Waals surface area contributed by atoms with E-state index in [0.717, 1.165) is 0 Å². The number of hydrogen-bond donors (Lipinski definition) is 0. The molecule has 0 fully saturated rings. The van der Waals surface area contributed by atoms with E-state index in [1.54, 1.807) is 0 Å². The SMILES string of the molecule is O.O.O.O.O.O.[Ca+2].[SH-].[SH-]. The summed E-state index contributed by atoms with van der Waals surface area (Å²) < 4.78 is 0. The Morgan fingerprint density at radius 3 is 0.333 bits per heavy atom. The molecule has 64 valence electrons. The predicted molar refractivity (Wildman–Crippen MR) is 45.0 cm³/mol. The molecule has 0 unspecified atom stereocenters. The quantitative estimate of drug-likeness (QED) is 0.220. The molecule has 0 heterocycles. The Hall–Kier alpha value is 1.72. The van der Waals surface area contributed by atoms with E-state index in [1.807, 2.05) is 0 Å². The van der Waals surface area contributed by atoms with Crippen LogP contribution in [-0.2, 0) is 27.0 Å². The monoisotopic (exact) mass is 214 g/mol. The summed E-state index contributed by atoms with van der Waals surface area (Å²) in [4.78, 5) is 0. The van der Waals surface area contributed by atoms with Gasteiger partial charge < -0.3 is 59.8 Å². The number of rotatable bonds is 0. The first kappa shape index (κ1) is 342. The van der Waals surface area contributed by atoms with Crippen LogP contribution in [-0.4, -0.2) is 70.6 Å². The molecule has 0 aliphatic carbocycles. The van der Waals surface area contributed by atoms with Crippen LogP contribution in [0.5, 0.6) is 0 Å². The van der Waals surface area contributed by atoms with Crippen molar-refractivity contribution >= 4 is 64.7 Å². The average molecular weight is 214 g/mol. The van der Waals surface area contributed by atoms with Gasteiger partial charge in [0.15, 0.2) is 0 Å². The average Bonchev–Trinajstić information content (AvgIpc) is 0. The van der Waals surface area contributed by atoms with E-state index in [2.05, 4.69) is 0 Å². The Morgan fingerprint density at radius 1 is 0.333 bits per heavy atom. The Morgan fingerprint density at radius 2 is 0.333 bits per heavy atom. The molecule has 12 N–H and O–H groups in total. The molecule has 0 spiro atoms. The van der Waals surface area contributed by atoms with Crippen LogP contribution in [0.3, 0.4) is 0 Å². The van der Waals surface area contributed by atoms with Crippen molar-refractivity contribution in [2.45, 2.75) is 0 Å². The topological polar surface area (TPSA) is 189 Å². The molecule has 0 saturated heterocycles. The van der Waals surface area contributed by atoms with E-state index < -0.39 is 0 Å². The maximum absolute atomic E-state index is 0. The molecule has 9 heavy (non-hydrogen) atoms. The van der Waals surface area contributed by atoms with E-state index in [0.29, 0.717) is 0 Å². The minimum absolute atomic E-state index is 0. The molecule has 0 aromatic carbocycles. The second-order valence-electron chi connectivity index (χ2n) is 0. The minimum Gasteiger partial charge on any atom is -0.813 e. The Kier molecular flexibility index (Phi) is 9510. The predicted octanol–water partition coefficient (Wildman–Crippen LogP) is -5.87. The first-order valence-electron chi connectivity index (χ1n) is 0. The van der Waals surface area contributed by atoms with Gasteiger partial charge in [-0.1, -0.05) is 0 Å². The molecule has 0 saturated carbocycles. The van der Waals surface area contributed by atoms with Crippen LogP contribution < -0.4 is 0 Å². The van der Waals surface area contributed by atoms with Gasteiger partial charge in [-0.25, -0.2) is 0 Å². The summed E-state index contributed by atoms with van der Waals surface area (Å²) in [6.07, 6.45) is 0. The minimum atomic E-state index is 0. The van der Waals surface area contributed by atoms with Crippen LogP contribution in [0.1, 0.15) is 0 Å². The van der Waals surface area contributed by atoms with Crippen molar-refractivity contribution in [2.75, 3.05) is 0 Å². The molecule has 0 rings (SSSR count). The zero-order chi connectivity index (χ0) is 0. The summed E-state index contributed by atoms with van der Waals surface area (Å²) in [6, 6.07) is 0. The maximum atomic E-state index is 0. The van der Waals surface area contributed by atoms with E-state index >= 15 is 0 Å². The molecule has 9 heteroatoms. The molecule has 0 atom stereocenters. The fourth-order valence-corrected chi connectivity index (χ4v) is 0. The normalized spacial score (nSPS) is 0. The van der Waals surface area contributed by atoms with Gasteiger partial charge in [0.2, 0.25) is 0 Å². The molecule has 0 aliphatic heterocycles. The molecule has 0 radical (unpaired) electrons. The molecular formula is H14CaO6S2. The molecular weight excluding hydrogens is 200 g/mol. The van der Waals surface area contributed by atoms with Crippen LogP contribution in [0.2, 0.25) is 0 Å². The summed E-state index contributed by atoms with van der Waals surface area (Å²) in [5.41, 5.74) is 0. The van der Waals surface area contributed by atoms with E-state index in [1.165, 1.54) is 0 Å². The van der Waals surface area contributed by atoms with Gasteiger partial charge in [0.25, 0.3) is 0 Å². The zero-order valence-corrected chi connectivity index (χ0v) is 8.60. The van der Waals surface area contributed by atoms with Gasteiger partial charge in [0.1, 0.15) is 0 Å². The van der Waals surface area contributed by atoms with Gasteiger partial charge in [-0.15, -0.1) is 0 Å². The maximum Gasteiger partial charge on any atom is 2.00 e. The third-order valence-electron chi connectivity index (χ3n) is 0. The standard InChI is InChI=1S/Ca.6H2O.2H2S/h;8*1H2/q+2;;;;;;;;/p-2. The molecule has 6 nitrogen and oxygen atoms in total. The van der Waals surface area contributed by atoms with E-state index in [9.17, 15) is 0 Å². The van der Waals surface area contributed by atoms with Gasteiger partial charge in [-0.05, 0) is 0 Å². The van der Waals surface area contributed by atoms with Crippen molar-refractivity contribution in [3.63, 3.8) is 0 Å². The van der Waals surface area contributed by atoms with Crippen molar-refractivity contribution in [3.8, 4) is 0 Å². The second kappa shape index (κ2) is 250. The molecule has 0 bridgehead atoms. The summed E-state index contributed by atoms with van der Waals surface area (Å²) in [5.74, 6) is 0. The molecule has 0 aromatic heterocycles. The Bertz CT molecular complexity index is 11.0. The van der Waals surface area contributed by atoms with Crippen LogP contribution in [0.25, 0.3) is 0 Å². The van der Waals surface area contributed by atoms with Crippen molar-refractivity contribution in [1.82, 2.24) is 0 Å². The Labute approximate surface area is 96.8 Å². The first-order valence-corrected chi connectivity index (χ1v) is 0. The third-order valence-corrected chi connectivity index (χ3v) is 0. The fraction of sp³-hybridized carbons (Fsp3) is 0. The zero-order valence-electron chi connectivity index (χ0n) is 4.60. The summed E-state index contributed by atoms with van der Waals surface area (Å²) in [7, 11) is 0. The van der Waals surface area contributed by atoms with Crippen molar-refractivity contribution in [1.29, 1.82) is 0 Å². The smallest absolute Gasteiger partial charge is 0.813 e. The number of thiol groups is 2. The molecule has 0 aromatic rings. The van der Waals surface area contributed by atoms with Gasteiger partial charge in [-0.2, -0.15) is 0 Å². The second-order valence-corrected chi connectivity index (χ2v) is 0. The van der Waals surface area contributed by atoms with Crippen molar-refractivity contribution in [2.24, 2.45) is 0 Å². The van der Waals surface area contributed by atoms with Crippen LogP contribution in [0.15, 0.2) is 0 Å². The summed E-state index contributed by atoms with van der Waals surface area (Å²) in [6.45, 7) is 0. The van der Waals surface area contributed by atoms with Crippen LogP contribution >= 0.6 is 0 Å². The van der Waals surface area contributed by atoms with Crippen molar-refractivity contribution < 1.29 is 32.9 Å². The first-order chi connectivity index (χ1) is 0. The van der Waals surface area contributed by atoms with Crippen LogP contribution in [0.4, 0.5) is 0 Å². The summed E-state index contributed by atoms with van der Waals surface area (Å²) in [5, 5.41) is 0. The van der Waals surface area contributed by atoms with E-state index in [4.69, 9.17) is 0 Å². The summed E-state index contributed by atoms with van der Waals surface area (Å²) >= 11 is 0. The third kappa shape index (κ3) is 196.